The van der Waals surface area contributed by atoms with Crippen molar-refractivity contribution in [3.63, 3.8) is 0 Å². The molecule has 5 rings (SSSR count). The molecule has 1 atom stereocenters. The highest BCUT2D eigenvalue weighted by atomic mass is 19.1. The number of benzene rings is 2. The van der Waals surface area contributed by atoms with Gasteiger partial charge in [0, 0.05) is 30.1 Å². The van der Waals surface area contributed by atoms with E-state index in [4.69, 9.17) is 0 Å². The molecule has 1 aromatic heterocycles. The maximum atomic E-state index is 14.6. The van der Waals surface area contributed by atoms with Crippen LogP contribution >= 0.6 is 0 Å². The molecule has 0 radical (unpaired) electrons. The number of carbonyl (C=O) groups is 1. The maximum Gasteiger partial charge on any atom is 0.235 e. The third-order valence-corrected chi connectivity index (χ3v) is 6.73. The molecule has 5 nitrogen and oxygen atoms in total. The highest BCUT2D eigenvalue weighted by Crippen LogP contribution is 2.43. The molecule has 2 aliphatic rings. The van der Waals surface area contributed by atoms with Gasteiger partial charge in [0.25, 0.3) is 0 Å². The molecular weight excluding hydrogens is 379 g/mol. The minimum Gasteiger partial charge on any atom is -0.325 e. The van der Waals surface area contributed by atoms with E-state index in [0.29, 0.717) is 24.3 Å². The van der Waals surface area contributed by atoms with E-state index in [1.807, 2.05) is 18.2 Å². The molecule has 2 heterocycles. The van der Waals surface area contributed by atoms with Crippen molar-refractivity contribution in [1.82, 2.24) is 14.8 Å². The lowest BCUT2D eigenvalue weighted by atomic mass is 9.77. The number of nitrogens with one attached hydrogen (secondary N) is 1. The summed E-state index contributed by atoms with van der Waals surface area (Å²) in [6.07, 6.45) is 6.92. The van der Waals surface area contributed by atoms with Gasteiger partial charge in [-0.3, -0.25) is 4.79 Å². The lowest BCUT2D eigenvalue weighted by Crippen LogP contribution is -2.38. The van der Waals surface area contributed by atoms with Crippen molar-refractivity contribution in [2.45, 2.75) is 56.4 Å². The monoisotopic (exact) mass is 404 g/mol. The Morgan fingerprint density at radius 2 is 1.97 bits per heavy atom. The zero-order valence-corrected chi connectivity index (χ0v) is 16.9. The Morgan fingerprint density at radius 3 is 2.80 bits per heavy atom. The summed E-state index contributed by atoms with van der Waals surface area (Å²) in [6.45, 7) is 0.846. The molecule has 1 amide bonds. The summed E-state index contributed by atoms with van der Waals surface area (Å²) in [7, 11) is 0. The van der Waals surface area contributed by atoms with Crippen LogP contribution in [0.4, 0.5) is 10.1 Å². The van der Waals surface area contributed by atoms with Crippen molar-refractivity contribution in [3.05, 3.63) is 77.6 Å². The maximum absolute atomic E-state index is 14.6. The Morgan fingerprint density at radius 1 is 1.13 bits per heavy atom. The third kappa shape index (κ3) is 3.30. The first-order valence-corrected chi connectivity index (χ1v) is 10.7. The highest BCUT2D eigenvalue weighted by Gasteiger charge is 2.44. The van der Waals surface area contributed by atoms with E-state index in [1.165, 1.54) is 11.6 Å². The van der Waals surface area contributed by atoms with Gasteiger partial charge in [0.05, 0.1) is 5.41 Å². The number of anilines is 1. The number of nitrogens with zero attached hydrogens (tertiary/aromatic N) is 3. The fraction of sp³-hybridized carbons (Fsp3) is 0.375. The summed E-state index contributed by atoms with van der Waals surface area (Å²) >= 11 is 0. The molecule has 2 aromatic carbocycles. The zero-order valence-electron chi connectivity index (χ0n) is 16.9. The normalized spacial score (nSPS) is 20.0. The van der Waals surface area contributed by atoms with Crippen molar-refractivity contribution < 1.29 is 9.18 Å². The molecule has 1 N–H and O–H groups in total. The molecule has 0 saturated heterocycles. The quantitative estimate of drug-likeness (QED) is 0.691. The van der Waals surface area contributed by atoms with Crippen LogP contribution in [0.5, 0.6) is 0 Å². The van der Waals surface area contributed by atoms with Crippen molar-refractivity contribution in [2.75, 3.05) is 5.32 Å². The number of fused-ring (bicyclic) bond motifs is 1. The molecule has 154 valence electrons. The van der Waals surface area contributed by atoms with Crippen LogP contribution in [0, 0.1) is 5.82 Å². The summed E-state index contributed by atoms with van der Waals surface area (Å²) < 4.78 is 16.7. The molecule has 6 heteroatoms. The second kappa shape index (κ2) is 7.67. The van der Waals surface area contributed by atoms with E-state index >= 15 is 0 Å². The Balaban J connectivity index is 1.39. The van der Waals surface area contributed by atoms with Gasteiger partial charge in [-0.05, 0) is 43.0 Å². The van der Waals surface area contributed by atoms with Crippen LogP contribution in [0.25, 0.3) is 0 Å². The van der Waals surface area contributed by atoms with Crippen LogP contribution in [0.2, 0.25) is 0 Å². The first kappa shape index (κ1) is 19.0. The number of aryl methyl sites for hydroxylation is 1. The summed E-state index contributed by atoms with van der Waals surface area (Å²) in [5, 5.41) is 11.3. The average molecular weight is 404 g/mol. The van der Waals surface area contributed by atoms with Crippen LogP contribution in [0.1, 0.15) is 55.0 Å². The molecule has 1 unspecified atom stereocenters. The fourth-order valence-corrected chi connectivity index (χ4v) is 5.10. The minimum absolute atomic E-state index is 0.105. The summed E-state index contributed by atoms with van der Waals surface area (Å²) in [6, 6.07) is 14.8. The summed E-state index contributed by atoms with van der Waals surface area (Å²) in [4.78, 5) is 13.4. The molecule has 0 spiro atoms. The highest BCUT2D eigenvalue weighted by molar-refractivity contribution is 5.99. The Hall–Kier alpha value is -3.02. The van der Waals surface area contributed by atoms with Gasteiger partial charge < -0.3 is 9.88 Å². The predicted octanol–water partition coefficient (Wildman–Crippen LogP) is 4.60. The molecule has 3 aromatic rings. The van der Waals surface area contributed by atoms with Crippen molar-refractivity contribution in [1.29, 1.82) is 0 Å². The molecule has 1 aliphatic carbocycles. The Kier molecular flexibility index (Phi) is 4.85. The number of halogens is 1. The Labute approximate surface area is 175 Å². The van der Waals surface area contributed by atoms with Gasteiger partial charge >= 0.3 is 0 Å². The smallest absolute Gasteiger partial charge is 0.235 e. The molecule has 1 fully saturated rings. The van der Waals surface area contributed by atoms with Crippen LogP contribution in [-0.4, -0.2) is 20.7 Å². The fourth-order valence-electron chi connectivity index (χ4n) is 5.10. The van der Waals surface area contributed by atoms with E-state index < -0.39 is 5.41 Å². The van der Waals surface area contributed by atoms with Crippen LogP contribution in [0.15, 0.2) is 54.9 Å². The van der Waals surface area contributed by atoms with E-state index in [0.717, 1.165) is 43.7 Å². The van der Waals surface area contributed by atoms with E-state index in [-0.39, 0.29) is 11.7 Å². The van der Waals surface area contributed by atoms with Crippen LogP contribution < -0.4 is 5.32 Å². The number of hydrogen-bond donors (Lipinski definition) is 1. The van der Waals surface area contributed by atoms with Crippen molar-refractivity contribution >= 4 is 11.6 Å². The van der Waals surface area contributed by atoms with Gasteiger partial charge in [0.1, 0.15) is 18.0 Å². The number of amides is 1. The second-order valence-electron chi connectivity index (χ2n) is 8.48. The van der Waals surface area contributed by atoms with E-state index in [9.17, 15) is 9.18 Å². The number of carbonyl (C=O) groups excluding carboxylic acids is 1. The van der Waals surface area contributed by atoms with E-state index in [2.05, 4.69) is 32.2 Å². The first-order valence-electron chi connectivity index (χ1n) is 10.7. The van der Waals surface area contributed by atoms with Gasteiger partial charge in [0.2, 0.25) is 5.91 Å². The molecule has 1 aliphatic heterocycles. The number of hydrogen-bond acceptors (Lipinski definition) is 3. The summed E-state index contributed by atoms with van der Waals surface area (Å²) in [5.41, 5.74) is 1.69. The van der Waals surface area contributed by atoms with Gasteiger partial charge in [0.15, 0.2) is 0 Å². The first-order chi connectivity index (χ1) is 14.7. The van der Waals surface area contributed by atoms with Crippen molar-refractivity contribution in [3.8, 4) is 0 Å². The SMILES string of the molecule is O=C(Nc1cccc(C2CCc3nncn3C2)c1)C1(c2ccccc2F)CCCC1. The largest absolute Gasteiger partial charge is 0.325 e. The molecule has 0 bridgehead atoms. The lowest BCUT2D eigenvalue weighted by molar-refractivity contribution is -0.121. The second-order valence-corrected chi connectivity index (χ2v) is 8.48. The standard InChI is InChI=1S/C24H25FN4O/c25-21-9-2-1-8-20(21)24(12-3-4-13-24)23(30)27-19-7-5-6-17(14-19)18-10-11-22-28-26-16-29(22)15-18/h1-2,5-9,14,16,18H,3-4,10-13,15H2,(H,27,30). The minimum atomic E-state index is -0.788. The molecule has 1 saturated carbocycles. The Bertz CT molecular complexity index is 1070. The van der Waals surface area contributed by atoms with Crippen LogP contribution in [-0.2, 0) is 23.2 Å². The average Bonchev–Trinajstić information content (AvgIpc) is 3.44. The van der Waals surface area contributed by atoms with Gasteiger partial charge in [-0.15, -0.1) is 10.2 Å². The molecular formula is C24H25FN4O. The van der Waals surface area contributed by atoms with E-state index in [1.54, 1.807) is 18.5 Å². The molecule has 30 heavy (non-hydrogen) atoms. The predicted molar refractivity (Wildman–Crippen MR) is 113 cm³/mol. The van der Waals surface area contributed by atoms with Gasteiger partial charge in [-0.1, -0.05) is 43.2 Å². The lowest BCUT2D eigenvalue weighted by Gasteiger charge is -2.29. The number of rotatable bonds is 4. The topological polar surface area (TPSA) is 59.8 Å². The van der Waals surface area contributed by atoms with Crippen LogP contribution in [0.3, 0.4) is 0 Å². The number of aromatic nitrogens is 3. The van der Waals surface area contributed by atoms with Gasteiger partial charge in [-0.25, -0.2) is 4.39 Å². The van der Waals surface area contributed by atoms with Gasteiger partial charge in [-0.2, -0.15) is 0 Å². The zero-order chi connectivity index (χ0) is 20.6. The third-order valence-electron chi connectivity index (χ3n) is 6.73. The van der Waals surface area contributed by atoms with Crippen molar-refractivity contribution in [2.24, 2.45) is 0 Å². The summed E-state index contributed by atoms with van der Waals surface area (Å²) in [5.74, 6) is 0.989.